The molecule has 2 N–H and O–H groups in total. The van der Waals surface area contributed by atoms with E-state index in [0.29, 0.717) is 11.4 Å². The van der Waals surface area contributed by atoms with Crippen molar-refractivity contribution in [1.82, 2.24) is 0 Å². The van der Waals surface area contributed by atoms with Crippen LogP contribution in [-0.2, 0) is 9.59 Å². The molecule has 118 valence electrons. The van der Waals surface area contributed by atoms with Crippen LogP contribution in [0.15, 0.2) is 43.3 Å². The smallest absolute Gasteiger partial charge is 0.269 e. The molecule has 0 aliphatic carbocycles. The number of carbonyl (C=O) groups is 2. The molecule has 0 bridgehead atoms. The first-order chi connectivity index (χ1) is 10.2. The molecule has 0 saturated heterocycles. The largest absolute Gasteiger partial charge is 0.321 e. The second-order valence-corrected chi connectivity index (χ2v) is 6.29. The lowest BCUT2D eigenvalue weighted by Crippen LogP contribution is -2.13. The predicted molar refractivity (Wildman–Crippen MR) is 92.9 cm³/mol. The highest BCUT2D eigenvalue weighted by atomic mass is 35.5. The second-order valence-electron chi connectivity index (χ2n) is 3.63. The minimum Gasteiger partial charge on any atom is -0.321 e. The Morgan fingerprint density at radius 3 is 1.14 bits per heavy atom. The first kappa shape index (κ1) is 19.4. The molecule has 0 atom stereocenters. The zero-order valence-corrected chi connectivity index (χ0v) is 14.9. The fraction of sp³-hybridized carbons (Fsp3) is 0. The lowest BCUT2D eigenvalue weighted by molar-refractivity contribution is -0.113. The van der Waals surface area contributed by atoms with Crippen molar-refractivity contribution in [2.75, 3.05) is 10.6 Å². The quantitative estimate of drug-likeness (QED) is 0.644. The number of benzene rings is 1. The molecule has 10 heteroatoms. The summed E-state index contributed by atoms with van der Waals surface area (Å²) < 4.78 is -0.690. The van der Waals surface area contributed by atoms with E-state index in [1.54, 1.807) is 0 Å². The van der Waals surface area contributed by atoms with E-state index in [4.69, 9.17) is 69.6 Å². The zero-order valence-electron chi connectivity index (χ0n) is 10.4. The summed E-state index contributed by atoms with van der Waals surface area (Å²) in [5.74, 6) is -1.34. The predicted octanol–water partition coefficient (Wildman–Crippen LogP) is 5.33. The van der Waals surface area contributed by atoms with Gasteiger partial charge in [-0.1, -0.05) is 69.6 Å². The molecule has 0 aliphatic heterocycles. The average molecular weight is 423 g/mol. The van der Waals surface area contributed by atoms with Crippen LogP contribution in [0.1, 0.15) is 0 Å². The molecule has 1 aromatic rings. The number of hydrogen-bond acceptors (Lipinski definition) is 2. The maximum atomic E-state index is 11.6. The summed E-state index contributed by atoms with van der Waals surface area (Å²) in [5, 5.41) is 4.24. The lowest BCUT2D eigenvalue weighted by atomic mass is 10.2. The van der Waals surface area contributed by atoms with Gasteiger partial charge in [-0.2, -0.15) is 0 Å². The van der Waals surface area contributed by atoms with Gasteiger partial charge in [-0.3, -0.25) is 9.59 Å². The normalized spacial score (nSPS) is 9.73. The molecule has 0 heterocycles. The number of carbonyl (C=O) groups excluding carboxylic acids is 2. The third kappa shape index (κ3) is 5.88. The van der Waals surface area contributed by atoms with Crippen molar-refractivity contribution in [3.8, 4) is 0 Å². The zero-order chi connectivity index (χ0) is 16.9. The standard InChI is InChI=1S/C12H6Cl6N2O2/c13-7(9(15)16)11(21)19-5-1-2-6(4-3-5)20-12(22)8(14)10(17)18/h1-4H,(H,19,21)(H,20,22). The number of hydrogen-bond donors (Lipinski definition) is 2. The molecular weight excluding hydrogens is 417 g/mol. The van der Waals surface area contributed by atoms with Crippen LogP contribution in [0.2, 0.25) is 0 Å². The second kappa shape index (κ2) is 8.87. The molecule has 0 saturated carbocycles. The molecule has 0 unspecified atom stereocenters. The fourth-order valence-corrected chi connectivity index (χ4v) is 1.62. The average Bonchev–Trinajstić information content (AvgIpc) is 2.47. The SMILES string of the molecule is O=C(Nc1ccc(NC(=O)C(Cl)=C(Cl)Cl)cc1)C(Cl)=C(Cl)Cl. The molecule has 0 aliphatic rings. The molecule has 22 heavy (non-hydrogen) atoms. The third-order valence-electron chi connectivity index (χ3n) is 2.13. The molecule has 1 rings (SSSR count). The maximum absolute atomic E-state index is 11.6. The topological polar surface area (TPSA) is 58.2 Å². The molecule has 4 nitrogen and oxygen atoms in total. The summed E-state index contributed by atoms with van der Waals surface area (Å²) in [6.07, 6.45) is 0. The van der Waals surface area contributed by atoms with Crippen LogP contribution in [0.25, 0.3) is 0 Å². The van der Waals surface area contributed by atoms with Gasteiger partial charge in [-0.25, -0.2) is 0 Å². The van der Waals surface area contributed by atoms with Gasteiger partial charge < -0.3 is 10.6 Å². The van der Waals surface area contributed by atoms with Crippen molar-refractivity contribution in [2.24, 2.45) is 0 Å². The number of nitrogens with one attached hydrogen (secondary N) is 2. The van der Waals surface area contributed by atoms with Crippen molar-refractivity contribution in [3.63, 3.8) is 0 Å². The minimum absolute atomic E-state index is 0.339. The van der Waals surface area contributed by atoms with E-state index >= 15 is 0 Å². The van der Waals surface area contributed by atoms with Crippen LogP contribution >= 0.6 is 69.6 Å². The molecule has 0 radical (unpaired) electrons. The van der Waals surface area contributed by atoms with Crippen LogP contribution in [-0.4, -0.2) is 11.8 Å². The van der Waals surface area contributed by atoms with Crippen LogP contribution in [0.5, 0.6) is 0 Å². The lowest BCUT2D eigenvalue weighted by Gasteiger charge is -2.07. The van der Waals surface area contributed by atoms with Crippen LogP contribution in [0, 0.1) is 0 Å². The van der Waals surface area contributed by atoms with Crippen LogP contribution in [0.4, 0.5) is 11.4 Å². The first-order valence-electron chi connectivity index (χ1n) is 5.36. The Morgan fingerprint density at radius 1 is 0.636 bits per heavy atom. The van der Waals surface area contributed by atoms with Gasteiger partial charge in [0.15, 0.2) is 0 Å². The molecule has 1 aromatic carbocycles. The van der Waals surface area contributed by atoms with Gasteiger partial charge >= 0.3 is 0 Å². The summed E-state index contributed by atoms with van der Waals surface area (Å²) >= 11 is 32.7. The Kier molecular flexibility index (Phi) is 7.83. The van der Waals surface area contributed by atoms with Crippen LogP contribution < -0.4 is 10.6 Å². The van der Waals surface area contributed by atoms with Crippen molar-refractivity contribution in [2.45, 2.75) is 0 Å². The van der Waals surface area contributed by atoms with Gasteiger partial charge in [0, 0.05) is 11.4 Å². The van der Waals surface area contributed by atoms with Gasteiger partial charge in [-0.15, -0.1) is 0 Å². The fourth-order valence-electron chi connectivity index (χ4n) is 1.18. The maximum Gasteiger partial charge on any atom is 0.269 e. The van der Waals surface area contributed by atoms with Crippen LogP contribution in [0.3, 0.4) is 0 Å². The van der Waals surface area contributed by atoms with E-state index < -0.39 is 11.8 Å². The number of anilines is 2. The molecule has 2 amide bonds. The minimum atomic E-state index is -0.668. The Bertz CT molecular complexity index is 589. The molecule has 0 fully saturated rings. The first-order valence-corrected chi connectivity index (χ1v) is 7.63. The van der Waals surface area contributed by atoms with E-state index in [0.717, 1.165) is 0 Å². The molecule has 0 aromatic heterocycles. The van der Waals surface area contributed by atoms with Crippen molar-refractivity contribution in [3.05, 3.63) is 43.3 Å². The van der Waals surface area contributed by atoms with Gasteiger partial charge in [0.2, 0.25) is 0 Å². The highest BCUT2D eigenvalue weighted by molar-refractivity contribution is 6.63. The van der Waals surface area contributed by atoms with Gasteiger partial charge in [0.25, 0.3) is 11.8 Å². The Hall–Kier alpha value is -0.620. The summed E-state index contributed by atoms with van der Waals surface area (Å²) in [6, 6.07) is 6.05. The van der Waals surface area contributed by atoms with E-state index in [2.05, 4.69) is 10.6 Å². The summed E-state index contributed by atoms with van der Waals surface area (Å²) in [7, 11) is 0. The summed E-state index contributed by atoms with van der Waals surface area (Å²) in [6.45, 7) is 0. The molecule has 0 spiro atoms. The van der Waals surface area contributed by atoms with E-state index in [1.165, 1.54) is 24.3 Å². The van der Waals surface area contributed by atoms with E-state index in [9.17, 15) is 9.59 Å². The van der Waals surface area contributed by atoms with Gasteiger partial charge in [-0.05, 0) is 24.3 Å². The van der Waals surface area contributed by atoms with Gasteiger partial charge in [0.1, 0.15) is 19.0 Å². The van der Waals surface area contributed by atoms with Crippen molar-refractivity contribution >= 4 is 92.8 Å². The number of amides is 2. The van der Waals surface area contributed by atoms with Gasteiger partial charge in [0.05, 0.1) is 0 Å². The summed E-state index contributed by atoms with van der Waals surface area (Å²) in [4.78, 5) is 23.2. The van der Waals surface area contributed by atoms with Crippen molar-refractivity contribution < 1.29 is 9.59 Å². The van der Waals surface area contributed by atoms with E-state index in [1.807, 2.05) is 0 Å². The highest BCUT2D eigenvalue weighted by Gasteiger charge is 2.12. The van der Waals surface area contributed by atoms with Crippen molar-refractivity contribution in [1.29, 1.82) is 0 Å². The number of rotatable bonds is 4. The van der Waals surface area contributed by atoms with E-state index in [-0.39, 0.29) is 19.0 Å². The highest BCUT2D eigenvalue weighted by Crippen LogP contribution is 2.22. The Balaban J connectivity index is 2.76. The Labute approximate surface area is 155 Å². The number of halogens is 6. The Morgan fingerprint density at radius 2 is 0.909 bits per heavy atom. The monoisotopic (exact) mass is 420 g/mol. The third-order valence-corrected chi connectivity index (χ3v) is 4.00. The summed E-state index contributed by atoms with van der Waals surface area (Å²) in [5.41, 5.74) is 0.820. The molecular formula is C12H6Cl6N2O2.